The van der Waals surface area contributed by atoms with Gasteiger partial charge in [-0.05, 0) is 19.9 Å². The van der Waals surface area contributed by atoms with E-state index in [1.807, 2.05) is 13.8 Å². The first-order valence-corrected chi connectivity index (χ1v) is 7.84. The highest BCUT2D eigenvalue weighted by atomic mass is 16.5. The first kappa shape index (κ1) is 15.9. The Hall–Kier alpha value is -3.62. The molecular weight excluding hydrogens is 336 g/mol. The third-order valence-corrected chi connectivity index (χ3v) is 3.96. The Labute approximate surface area is 147 Å². The number of hydrogen-bond donors (Lipinski definition) is 0. The van der Waals surface area contributed by atoms with Crippen molar-refractivity contribution in [2.45, 2.75) is 20.4 Å². The van der Waals surface area contributed by atoms with Gasteiger partial charge in [-0.1, -0.05) is 10.3 Å². The fourth-order valence-electron chi connectivity index (χ4n) is 2.54. The van der Waals surface area contributed by atoms with Crippen LogP contribution in [0.2, 0.25) is 0 Å². The number of pyridine rings is 1. The summed E-state index contributed by atoms with van der Waals surface area (Å²) in [5.74, 6) is 1.30. The number of aromatic nitrogens is 6. The van der Waals surface area contributed by atoms with Gasteiger partial charge in [-0.3, -0.25) is 9.78 Å². The monoisotopic (exact) mass is 350 g/mol. The van der Waals surface area contributed by atoms with E-state index in [-0.39, 0.29) is 11.4 Å². The summed E-state index contributed by atoms with van der Waals surface area (Å²) in [7, 11) is 0. The van der Waals surface area contributed by atoms with Crippen molar-refractivity contribution >= 4 is 0 Å². The normalized spacial score (nSPS) is 11.0. The highest BCUT2D eigenvalue weighted by Crippen LogP contribution is 2.20. The van der Waals surface area contributed by atoms with Gasteiger partial charge in [0.25, 0.3) is 11.4 Å². The van der Waals surface area contributed by atoms with Crippen LogP contribution in [0, 0.1) is 13.8 Å². The molecule has 0 N–H and O–H groups in total. The summed E-state index contributed by atoms with van der Waals surface area (Å²) < 4.78 is 12.0. The van der Waals surface area contributed by atoms with Gasteiger partial charge in [-0.2, -0.15) is 4.98 Å². The molecule has 0 bridgehead atoms. The molecule has 26 heavy (non-hydrogen) atoms. The van der Waals surface area contributed by atoms with Gasteiger partial charge >= 0.3 is 0 Å². The van der Waals surface area contributed by atoms with Crippen molar-refractivity contribution in [1.82, 2.24) is 29.8 Å². The van der Waals surface area contributed by atoms with Crippen molar-refractivity contribution in [1.29, 1.82) is 0 Å². The van der Waals surface area contributed by atoms with Crippen LogP contribution in [0.4, 0.5) is 0 Å². The molecule has 9 nitrogen and oxygen atoms in total. The van der Waals surface area contributed by atoms with Crippen LogP contribution in [0.25, 0.3) is 23.0 Å². The summed E-state index contributed by atoms with van der Waals surface area (Å²) >= 11 is 0. The Morgan fingerprint density at radius 2 is 2.00 bits per heavy atom. The average molecular weight is 350 g/mol. The molecule has 0 aliphatic rings. The molecule has 4 heterocycles. The van der Waals surface area contributed by atoms with Crippen molar-refractivity contribution in [3.8, 4) is 23.0 Å². The molecule has 0 aliphatic heterocycles. The van der Waals surface area contributed by atoms with E-state index in [2.05, 4.69) is 25.3 Å². The summed E-state index contributed by atoms with van der Waals surface area (Å²) in [5, 5.41) is 7.83. The van der Waals surface area contributed by atoms with Crippen LogP contribution in [0.3, 0.4) is 0 Å². The van der Waals surface area contributed by atoms with Crippen molar-refractivity contribution in [2.75, 3.05) is 0 Å². The summed E-state index contributed by atoms with van der Waals surface area (Å²) in [4.78, 5) is 24.7. The van der Waals surface area contributed by atoms with E-state index in [1.165, 1.54) is 6.07 Å². The zero-order valence-corrected chi connectivity index (χ0v) is 14.1. The molecule has 9 heteroatoms. The van der Waals surface area contributed by atoms with Crippen LogP contribution >= 0.6 is 0 Å². The fraction of sp³-hybridized carbons (Fsp3) is 0.176. The van der Waals surface area contributed by atoms with E-state index in [1.54, 1.807) is 35.4 Å². The van der Waals surface area contributed by atoms with Gasteiger partial charge in [-0.25, -0.2) is 4.98 Å². The molecule has 4 aromatic heterocycles. The summed E-state index contributed by atoms with van der Waals surface area (Å²) in [6.07, 6.45) is 6.33. The molecule has 0 aliphatic carbocycles. The van der Waals surface area contributed by atoms with Crippen LogP contribution < -0.4 is 5.56 Å². The standard InChI is InChI=1S/C17H14N6O3/c1-10-13(11(2)25-21-10)9-23-8-12(3-4-15(23)24)17-20-16(22-26-17)14-7-18-5-6-19-14/h3-8H,9H2,1-2H3. The minimum Gasteiger partial charge on any atom is -0.361 e. The lowest BCUT2D eigenvalue weighted by molar-refractivity contribution is 0.392. The second-order valence-corrected chi connectivity index (χ2v) is 5.70. The molecule has 4 aromatic rings. The maximum Gasteiger partial charge on any atom is 0.259 e. The second-order valence-electron chi connectivity index (χ2n) is 5.70. The molecule has 0 radical (unpaired) electrons. The largest absolute Gasteiger partial charge is 0.361 e. The van der Waals surface area contributed by atoms with Crippen LogP contribution in [0.1, 0.15) is 17.0 Å². The Bertz CT molecular complexity index is 1090. The van der Waals surface area contributed by atoms with Gasteiger partial charge < -0.3 is 13.6 Å². The molecule has 0 aromatic carbocycles. The lowest BCUT2D eigenvalue weighted by atomic mass is 10.2. The summed E-state index contributed by atoms with van der Waals surface area (Å²) in [6, 6.07) is 3.10. The van der Waals surface area contributed by atoms with Gasteiger partial charge in [0.15, 0.2) is 0 Å². The van der Waals surface area contributed by atoms with Gasteiger partial charge in [0.1, 0.15) is 11.5 Å². The number of nitrogens with zero attached hydrogens (tertiary/aromatic N) is 6. The Morgan fingerprint density at radius 1 is 1.12 bits per heavy atom. The van der Waals surface area contributed by atoms with Crippen molar-refractivity contribution in [3.05, 3.63) is 64.3 Å². The minimum atomic E-state index is -0.151. The van der Waals surface area contributed by atoms with Gasteiger partial charge in [0.05, 0.1) is 24.0 Å². The Morgan fingerprint density at radius 3 is 2.73 bits per heavy atom. The highest BCUT2D eigenvalue weighted by molar-refractivity contribution is 5.55. The molecule has 4 rings (SSSR count). The average Bonchev–Trinajstić information content (AvgIpc) is 3.27. The predicted octanol–water partition coefficient (Wildman–Crippen LogP) is 2.01. The molecule has 0 unspecified atom stereocenters. The zero-order chi connectivity index (χ0) is 18.1. The Kier molecular flexibility index (Phi) is 3.88. The van der Waals surface area contributed by atoms with E-state index in [4.69, 9.17) is 9.05 Å². The molecular formula is C17H14N6O3. The van der Waals surface area contributed by atoms with E-state index < -0.39 is 0 Å². The van der Waals surface area contributed by atoms with Crippen LogP contribution in [0.15, 0.2) is 50.8 Å². The predicted molar refractivity (Wildman–Crippen MR) is 90.1 cm³/mol. The third kappa shape index (κ3) is 2.90. The molecule has 0 spiro atoms. The summed E-state index contributed by atoms with van der Waals surface area (Å²) in [6.45, 7) is 4.00. The first-order chi connectivity index (χ1) is 12.6. The Balaban J connectivity index is 1.69. The molecule has 0 atom stereocenters. The van der Waals surface area contributed by atoms with E-state index in [0.29, 0.717) is 29.4 Å². The fourth-order valence-corrected chi connectivity index (χ4v) is 2.54. The maximum atomic E-state index is 12.2. The van der Waals surface area contributed by atoms with Gasteiger partial charge in [-0.15, -0.1) is 0 Å². The van der Waals surface area contributed by atoms with Crippen molar-refractivity contribution < 1.29 is 9.05 Å². The molecule has 0 saturated heterocycles. The van der Waals surface area contributed by atoms with Crippen molar-refractivity contribution in [3.63, 3.8) is 0 Å². The SMILES string of the molecule is Cc1noc(C)c1Cn1cc(-c2nc(-c3cnccn3)no2)ccc1=O. The lowest BCUT2D eigenvalue weighted by Gasteiger charge is -2.06. The second kappa shape index (κ2) is 6.36. The topological polar surface area (TPSA) is 113 Å². The molecule has 0 saturated carbocycles. The van der Waals surface area contributed by atoms with Crippen LogP contribution in [-0.2, 0) is 6.54 Å². The van der Waals surface area contributed by atoms with Gasteiger partial charge in [0.2, 0.25) is 5.82 Å². The first-order valence-electron chi connectivity index (χ1n) is 7.84. The maximum absolute atomic E-state index is 12.2. The third-order valence-electron chi connectivity index (χ3n) is 3.96. The van der Waals surface area contributed by atoms with Crippen molar-refractivity contribution in [2.24, 2.45) is 0 Å². The highest BCUT2D eigenvalue weighted by Gasteiger charge is 2.14. The molecule has 0 amide bonds. The quantitative estimate of drug-likeness (QED) is 0.549. The number of rotatable bonds is 4. The smallest absolute Gasteiger partial charge is 0.259 e. The van der Waals surface area contributed by atoms with E-state index in [9.17, 15) is 4.79 Å². The zero-order valence-electron chi connectivity index (χ0n) is 14.1. The molecule has 130 valence electrons. The lowest BCUT2D eigenvalue weighted by Crippen LogP contribution is -2.19. The number of hydrogen-bond acceptors (Lipinski definition) is 8. The minimum absolute atomic E-state index is 0.151. The van der Waals surface area contributed by atoms with Gasteiger partial charge in [0, 0.05) is 30.2 Å². The van der Waals surface area contributed by atoms with E-state index >= 15 is 0 Å². The van der Waals surface area contributed by atoms with Crippen LogP contribution in [-0.4, -0.2) is 29.8 Å². The number of aryl methyl sites for hydroxylation is 2. The van der Waals surface area contributed by atoms with Crippen LogP contribution in [0.5, 0.6) is 0 Å². The summed E-state index contributed by atoms with van der Waals surface area (Å²) in [5.41, 5.74) is 2.60. The molecule has 0 fully saturated rings. The van der Waals surface area contributed by atoms with E-state index in [0.717, 1.165) is 11.3 Å².